The van der Waals surface area contributed by atoms with Crippen molar-refractivity contribution in [3.8, 4) is 0 Å². The lowest BCUT2D eigenvalue weighted by molar-refractivity contribution is -0.134. The number of nitrogens with zero attached hydrogens (tertiary/aromatic N) is 2. The number of likely N-dealkylation sites (tertiary alicyclic amines) is 1. The fourth-order valence-electron chi connectivity index (χ4n) is 5.22. The van der Waals surface area contributed by atoms with Gasteiger partial charge in [0.05, 0.1) is 13.2 Å². The second-order valence-electron chi connectivity index (χ2n) is 9.37. The molecule has 0 radical (unpaired) electrons. The molecule has 0 spiro atoms. The molecule has 0 unspecified atom stereocenters. The Labute approximate surface area is 201 Å². The Hall–Kier alpha value is -2.77. The first-order chi connectivity index (χ1) is 16.4. The van der Waals surface area contributed by atoms with Crippen molar-refractivity contribution in [3.63, 3.8) is 0 Å². The maximum Gasteiger partial charge on any atom is 0.325 e. The number of hydrogen-bond acceptors (Lipinski definition) is 4. The van der Waals surface area contributed by atoms with Gasteiger partial charge in [0.25, 0.3) is 5.91 Å². The van der Waals surface area contributed by atoms with Gasteiger partial charge in [-0.1, -0.05) is 43.3 Å². The average molecular weight is 468 g/mol. The van der Waals surface area contributed by atoms with E-state index in [1.807, 2.05) is 0 Å². The second-order valence-corrected chi connectivity index (χ2v) is 9.37. The Kier molecular flexibility index (Phi) is 7.63. The molecule has 7 heteroatoms. The largest absolute Gasteiger partial charge is 0.383 e. The SMILES string of the molecule is CCc1ccc(CN2CCC([C@]3(Cc4ccc(F)cc4)NC(=O)N(CCOC)C3=O)CC2)cc1. The molecule has 0 aliphatic carbocycles. The molecule has 2 aromatic carbocycles. The molecule has 2 aliphatic rings. The molecule has 0 saturated carbocycles. The number of piperidine rings is 1. The fourth-order valence-corrected chi connectivity index (χ4v) is 5.22. The van der Waals surface area contributed by atoms with Crippen LogP contribution in [0.25, 0.3) is 0 Å². The number of carbonyl (C=O) groups is 2. The summed E-state index contributed by atoms with van der Waals surface area (Å²) in [7, 11) is 1.55. The topological polar surface area (TPSA) is 61.9 Å². The molecule has 6 nitrogen and oxygen atoms in total. The monoisotopic (exact) mass is 467 g/mol. The summed E-state index contributed by atoms with van der Waals surface area (Å²) < 4.78 is 18.6. The van der Waals surface area contributed by atoms with E-state index >= 15 is 0 Å². The summed E-state index contributed by atoms with van der Waals surface area (Å²) in [5.41, 5.74) is 2.44. The Morgan fingerprint density at radius 2 is 1.62 bits per heavy atom. The number of halogens is 1. The van der Waals surface area contributed by atoms with Crippen molar-refractivity contribution in [2.45, 2.75) is 44.7 Å². The molecule has 2 fully saturated rings. The average Bonchev–Trinajstić information content (AvgIpc) is 3.09. The molecule has 1 N–H and O–H groups in total. The van der Waals surface area contributed by atoms with E-state index in [0.29, 0.717) is 13.0 Å². The summed E-state index contributed by atoms with van der Waals surface area (Å²) in [6.45, 7) is 5.25. The lowest BCUT2D eigenvalue weighted by Gasteiger charge is -2.41. The van der Waals surface area contributed by atoms with E-state index in [-0.39, 0.29) is 30.2 Å². The molecule has 2 aromatic rings. The number of hydrogen-bond donors (Lipinski definition) is 1. The third-order valence-electron chi connectivity index (χ3n) is 7.24. The van der Waals surface area contributed by atoms with Gasteiger partial charge in [-0.15, -0.1) is 0 Å². The van der Waals surface area contributed by atoms with E-state index in [9.17, 15) is 14.0 Å². The van der Waals surface area contributed by atoms with Gasteiger partial charge in [0, 0.05) is 20.1 Å². The lowest BCUT2D eigenvalue weighted by Crippen LogP contribution is -2.57. The minimum atomic E-state index is -1.02. The maximum absolute atomic E-state index is 13.6. The van der Waals surface area contributed by atoms with Crippen LogP contribution in [-0.4, -0.2) is 60.6 Å². The normalized spacial score (nSPS) is 21.8. The molecular formula is C27H34FN3O3. The van der Waals surface area contributed by atoms with Crippen molar-refractivity contribution in [1.82, 2.24) is 15.1 Å². The van der Waals surface area contributed by atoms with Gasteiger partial charge in [-0.05, 0) is 67.1 Å². The fraction of sp³-hybridized carbons (Fsp3) is 0.481. The molecule has 2 aliphatic heterocycles. The van der Waals surface area contributed by atoms with Gasteiger partial charge in [0.2, 0.25) is 0 Å². The molecule has 0 bridgehead atoms. The first-order valence-electron chi connectivity index (χ1n) is 12.1. The van der Waals surface area contributed by atoms with Gasteiger partial charge in [-0.2, -0.15) is 0 Å². The number of rotatable bonds is 9. The molecule has 2 saturated heterocycles. The van der Waals surface area contributed by atoms with Crippen LogP contribution in [0, 0.1) is 11.7 Å². The zero-order valence-electron chi connectivity index (χ0n) is 20.1. The molecule has 2 heterocycles. The number of nitrogens with one attached hydrogen (secondary N) is 1. The van der Waals surface area contributed by atoms with E-state index in [2.05, 4.69) is 41.4 Å². The minimum Gasteiger partial charge on any atom is -0.383 e. The third-order valence-corrected chi connectivity index (χ3v) is 7.24. The van der Waals surface area contributed by atoms with E-state index in [1.54, 1.807) is 19.2 Å². The highest BCUT2D eigenvalue weighted by molar-refractivity contribution is 6.07. The van der Waals surface area contributed by atoms with Crippen LogP contribution in [0.4, 0.5) is 9.18 Å². The van der Waals surface area contributed by atoms with Crippen LogP contribution in [0.5, 0.6) is 0 Å². The molecule has 4 rings (SSSR count). The van der Waals surface area contributed by atoms with Crippen molar-refractivity contribution in [2.24, 2.45) is 5.92 Å². The summed E-state index contributed by atoms with van der Waals surface area (Å²) >= 11 is 0. The van der Waals surface area contributed by atoms with E-state index in [1.165, 1.54) is 28.2 Å². The molecular weight excluding hydrogens is 433 g/mol. The summed E-state index contributed by atoms with van der Waals surface area (Å²) in [4.78, 5) is 30.1. The van der Waals surface area contributed by atoms with Crippen LogP contribution < -0.4 is 5.32 Å². The number of urea groups is 1. The lowest BCUT2D eigenvalue weighted by atomic mass is 9.74. The zero-order valence-corrected chi connectivity index (χ0v) is 20.1. The zero-order chi connectivity index (χ0) is 24.1. The first-order valence-corrected chi connectivity index (χ1v) is 12.1. The third kappa shape index (κ3) is 5.15. The minimum absolute atomic E-state index is 0.000246. The van der Waals surface area contributed by atoms with Crippen LogP contribution in [-0.2, 0) is 28.9 Å². The number of carbonyl (C=O) groups excluding carboxylic acids is 2. The standard InChI is InChI=1S/C27H34FN3O3/c1-3-20-4-6-22(7-5-20)19-30-14-12-23(13-15-30)27(18-21-8-10-24(28)11-9-21)25(32)31(16-17-34-2)26(33)29-27/h4-11,23H,3,12-19H2,1-2H3,(H,29,33)/t27-/m0/s1. The summed E-state index contributed by atoms with van der Waals surface area (Å²) in [5.74, 6) is -0.519. The van der Waals surface area contributed by atoms with Crippen LogP contribution in [0.2, 0.25) is 0 Å². The van der Waals surface area contributed by atoms with Gasteiger partial charge in [-0.3, -0.25) is 14.6 Å². The summed E-state index contributed by atoms with van der Waals surface area (Å²) in [6, 6.07) is 14.6. The Morgan fingerprint density at radius 3 is 2.24 bits per heavy atom. The van der Waals surface area contributed by atoms with Gasteiger partial charge in [0.15, 0.2) is 0 Å². The molecule has 34 heavy (non-hydrogen) atoms. The second kappa shape index (κ2) is 10.7. The first kappa shape index (κ1) is 24.4. The summed E-state index contributed by atoms with van der Waals surface area (Å²) in [6.07, 6.45) is 2.99. The van der Waals surface area contributed by atoms with Gasteiger partial charge in [-0.25, -0.2) is 9.18 Å². The van der Waals surface area contributed by atoms with E-state index in [4.69, 9.17) is 4.74 Å². The maximum atomic E-state index is 13.6. The van der Waals surface area contributed by atoms with Crippen molar-refractivity contribution >= 4 is 11.9 Å². The van der Waals surface area contributed by atoms with Gasteiger partial charge >= 0.3 is 6.03 Å². The molecule has 1 atom stereocenters. The highest BCUT2D eigenvalue weighted by atomic mass is 19.1. The quantitative estimate of drug-likeness (QED) is 0.570. The number of amides is 3. The highest BCUT2D eigenvalue weighted by Crippen LogP contribution is 2.37. The molecule has 3 amide bonds. The van der Waals surface area contributed by atoms with Crippen molar-refractivity contribution in [2.75, 3.05) is 33.4 Å². The Morgan fingerprint density at radius 1 is 1.00 bits per heavy atom. The molecule has 182 valence electrons. The number of benzene rings is 2. The van der Waals surface area contributed by atoms with E-state index in [0.717, 1.165) is 44.5 Å². The van der Waals surface area contributed by atoms with Crippen molar-refractivity contribution in [3.05, 3.63) is 71.0 Å². The van der Waals surface area contributed by atoms with Crippen LogP contribution >= 0.6 is 0 Å². The van der Waals surface area contributed by atoms with Crippen molar-refractivity contribution in [1.29, 1.82) is 0 Å². The molecule has 0 aromatic heterocycles. The number of aryl methyl sites for hydroxylation is 1. The predicted molar refractivity (Wildman–Crippen MR) is 129 cm³/mol. The highest BCUT2D eigenvalue weighted by Gasteiger charge is 2.55. The van der Waals surface area contributed by atoms with Crippen LogP contribution in [0.15, 0.2) is 48.5 Å². The van der Waals surface area contributed by atoms with E-state index < -0.39 is 5.54 Å². The van der Waals surface area contributed by atoms with Gasteiger partial charge in [0.1, 0.15) is 11.4 Å². The van der Waals surface area contributed by atoms with Crippen molar-refractivity contribution < 1.29 is 18.7 Å². The smallest absolute Gasteiger partial charge is 0.325 e. The number of ether oxygens (including phenoxy) is 1. The Balaban J connectivity index is 1.50. The number of methoxy groups -OCH3 is 1. The predicted octanol–water partition coefficient (Wildman–Crippen LogP) is 3.78. The summed E-state index contributed by atoms with van der Waals surface area (Å²) in [5, 5.41) is 3.06. The van der Waals surface area contributed by atoms with Crippen LogP contribution in [0.1, 0.15) is 36.5 Å². The van der Waals surface area contributed by atoms with Crippen LogP contribution in [0.3, 0.4) is 0 Å². The van der Waals surface area contributed by atoms with Gasteiger partial charge < -0.3 is 10.1 Å². The number of imide groups is 1. The Bertz CT molecular complexity index is 987.